The van der Waals surface area contributed by atoms with E-state index < -0.39 is 0 Å². The number of nitrogens with one attached hydrogen (secondary N) is 1. The molecule has 86 valence electrons. The van der Waals surface area contributed by atoms with Gasteiger partial charge in [0.1, 0.15) is 5.82 Å². The van der Waals surface area contributed by atoms with E-state index in [0.29, 0.717) is 0 Å². The summed E-state index contributed by atoms with van der Waals surface area (Å²) >= 11 is 0. The first kappa shape index (κ1) is 11.3. The quantitative estimate of drug-likeness (QED) is 0.686. The fourth-order valence-corrected chi connectivity index (χ4v) is 1.58. The molecule has 0 aliphatic heterocycles. The molecule has 3 nitrogen and oxygen atoms in total. The molecule has 0 saturated heterocycles. The van der Waals surface area contributed by atoms with Gasteiger partial charge in [-0.1, -0.05) is 44.2 Å². The van der Waals surface area contributed by atoms with E-state index in [1.807, 2.05) is 56.3 Å². The van der Waals surface area contributed by atoms with Crippen LogP contribution in [-0.4, -0.2) is 15.0 Å². The minimum Gasteiger partial charge on any atom is -0.337 e. The van der Waals surface area contributed by atoms with E-state index in [-0.39, 0.29) is 0 Å². The molecule has 0 aliphatic rings. The van der Waals surface area contributed by atoms with Crippen LogP contribution in [0.4, 0.5) is 0 Å². The third-order valence-corrected chi connectivity index (χ3v) is 2.30. The molecule has 0 aliphatic carbocycles. The predicted molar refractivity (Wildman–Crippen MR) is 70.7 cm³/mol. The highest BCUT2D eigenvalue weighted by Crippen LogP contribution is 2.18. The van der Waals surface area contributed by atoms with Crippen molar-refractivity contribution in [1.82, 2.24) is 15.0 Å². The number of aromatic amines is 1. The van der Waals surface area contributed by atoms with Crippen molar-refractivity contribution in [2.45, 2.75) is 13.8 Å². The monoisotopic (exact) mass is 225 g/mol. The van der Waals surface area contributed by atoms with Crippen LogP contribution in [0.25, 0.3) is 22.6 Å². The molecule has 3 rings (SSSR count). The van der Waals surface area contributed by atoms with E-state index in [4.69, 9.17) is 0 Å². The second-order valence-electron chi connectivity index (χ2n) is 3.33. The number of hydrogen-bond donors (Lipinski definition) is 1. The Morgan fingerprint density at radius 2 is 1.71 bits per heavy atom. The highest BCUT2D eigenvalue weighted by molar-refractivity contribution is 5.75. The summed E-state index contributed by atoms with van der Waals surface area (Å²) in [6, 6.07) is 13.9. The maximum atomic E-state index is 4.42. The second kappa shape index (κ2) is 5.25. The maximum Gasteiger partial charge on any atom is 0.178 e. The molecule has 3 aromatic rings. The molecule has 2 heterocycles. The van der Waals surface area contributed by atoms with Gasteiger partial charge in [-0.3, -0.25) is 0 Å². The summed E-state index contributed by atoms with van der Waals surface area (Å²) in [6.07, 6.45) is 1.75. The number of H-pyrrole nitrogens is 1. The van der Waals surface area contributed by atoms with E-state index in [9.17, 15) is 0 Å². The Bertz CT molecular complexity index is 551. The Hall–Kier alpha value is -2.16. The van der Waals surface area contributed by atoms with Crippen molar-refractivity contribution >= 4 is 11.2 Å². The zero-order valence-electron chi connectivity index (χ0n) is 10.0. The zero-order chi connectivity index (χ0) is 12.1. The SMILES string of the molecule is CC.c1ccc(-c2nc3ncccc3[nH]2)cc1. The summed E-state index contributed by atoms with van der Waals surface area (Å²) in [5, 5.41) is 0. The number of benzene rings is 1. The number of aromatic nitrogens is 3. The molecule has 0 spiro atoms. The Morgan fingerprint density at radius 3 is 2.41 bits per heavy atom. The highest BCUT2D eigenvalue weighted by atomic mass is 15.0. The van der Waals surface area contributed by atoms with Gasteiger partial charge in [-0.15, -0.1) is 0 Å². The van der Waals surface area contributed by atoms with Crippen molar-refractivity contribution in [2.75, 3.05) is 0 Å². The van der Waals surface area contributed by atoms with Gasteiger partial charge in [0.25, 0.3) is 0 Å². The number of imidazole rings is 1. The third kappa shape index (κ3) is 2.33. The first-order valence-electron chi connectivity index (χ1n) is 5.80. The van der Waals surface area contributed by atoms with Crippen molar-refractivity contribution in [3.05, 3.63) is 48.7 Å². The molecule has 0 saturated carbocycles. The number of rotatable bonds is 1. The van der Waals surface area contributed by atoms with Crippen LogP contribution in [0.5, 0.6) is 0 Å². The van der Waals surface area contributed by atoms with Crippen molar-refractivity contribution in [3.63, 3.8) is 0 Å². The molecular weight excluding hydrogens is 210 g/mol. The summed E-state index contributed by atoms with van der Waals surface area (Å²) in [5.74, 6) is 0.865. The van der Waals surface area contributed by atoms with Crippen molar-refractivity contribution in [3.8, 4) is 11.4 Å². The molecule has 1 aromatic carbocycles. The summed E-state index contributed by atoms with van der Waals surface area (Å²) in [5.41, 5.74) is 2.81. The first-order valence-corrected chi connectivity index (χ1v) is 5.80. The van der Waals surface area contributed by atoms with Gasteiger partial charge in [0.05, 0.1) is 5.52 Å². The third-order valence-electron chi connectivity index (χ3n) is 2.30. The average molecular weight is 225 g/mol. The summed E-state index contributed by atoms with van der Waals surface area (Å²) in [4.78, 5) is 11.8. The average Bonchev–Trinajstić information content (AvgIpc) is 2.86. The maximum absolute atomic E-state index is 4.42. The molecule has 0 bridgehead atoms. The van der Waals surface area contributed by atoms with Crippen molar-refractivity contribution < 1.29 is 0 Å². The fourth-order valence-electron chi connectivity index (χ4n) is 1.58. The Morgan fingerprint density at radius 1 is 0.941 bits per heavy atom. The van der Waals surface area contributed by atoms with E-state index in [0.717, 1.165) is 22.6 Å². The van der Waals surface area contributed by atoms with Gasteiger partial charge >= 0.3 is 0 Å². The number of fused-ring (bicyclic) bond motifs is 1. The minimum absolute atomic E-state index is 0.761. The van der Waals surface area contributed by atoms with E-state index in [1.165, 1.54) is 0 Å². The molecule has 3 heteroatoms. The lowest BCUT2D eigenvalue weighted by Gasteiger charge is -1.92. The summed E-state index contributed by atoms with van der Waals surface area (Å²) in [6.45, 7) is 4.00. The van der Waals surface area contributed by atoms with Crippen LogP contribution in [-0.2, 0) is 0 Å². The van der Waals surface area contributed by atoms with Crippen LogP contribution in [0.2, 0.25) is 0 Å². The molecule has 2 aromatic heterocycles. The van der Waals surface area contributed by atoms with Gasteiger partial charge in [0.2, 0.25) is 0 Å². The van der Waals surface area contributed by atoms with Crippen molar-refractivity contribution in [2.24, 2.45) is 0 Å². The van der Waals surface area contributed by atoms with E-state index in [1.54, 1.807) is 6.20 Å². The van der Waals surface area contributed by atoms with Gasteiger partial charge in [-0.2, -0.15) is 0 Å². The molecule has 17 heavy (non-hydrogen) atoms. The number of pyridine rings is 1. The lowest BCUT2D eigenvalue weighted by atomic mass is 10.2. The second-order valence-corrected chi connectivity index (χ2v) is 3.33. The van der Waals surface area contributed by atoms with Gasteiger partial charge in [-0.25, -0.2) is 9.97 Å². The van der Waals surface area contributed by atoms with Crippen LogP contribution in [0.3, 0.4) is 0 Å². The molecule has 0 amide bonds. The Labute approximate surface area is 101 Å². The van der Waals surface area contributed by atoms with E-state index >= 15 is 0 Å². The number of nitrogens with zero attached hydrogens (tertiary/aromatic N) is 2. The predicted octanol–water partition coefficient (Wildman–Crippen LogP) is 3.65. The molecule has 0 radical (unpaired) electrons. The lowest BCUT2D eigenvalue weighted by molar-refractivity contribution is 1.30. The standard InChI is InChI=1S/C12H9N3.C2H6/c1-2-5-9(6-3-1)11-14-10-7-4-8-13-12(10)15-11;1-2/h1-8H,(H,13,14,15);1-2H3. The van der Waals surface area contributed by atoms with Gasteiger partial charge in [0.15, 0.2) is 5.65 Å². The van der Waals surface area contributed by atoms with Gasteiger partial charge < -0.3 is 4.98 Å². The summed E-state index contributed by atoms with van der Waals surface area (Å²) in [7, 11) is 0. The zero-order valence-corrected chi connectivity index (χ0v) is 10.0. The largest absolute Gasteiger partial charge is 0.337 e. The van der Waals surface area contributed by atoms with Crippen LogP contribution >= 0.6 is 0 Å². The van der Waals surface area contributed by atoms with E-state index in [2.05, 4.69) is 15.0 Å². The van der Waals surface area contributed by atoms with Crippen LogP contribution in [0, 0.1) is 0 Å². The van der Waals surface area contributed by atoms with Gasteiger partial charge in [-0.05, 0) is 12.1 Å². The van der Waals surface area contributed by atoms with Gasteiger partial charge in [0, 0.05) is 11.8 Å². The minimum atomic E-state index is 0.761. The molecular formula is C14H15N3. The smallest absolute Gasteiger partial charge is 0.178 e. The fraction of sp³-hybridized carbons (Fsp3) is 0.143. The van der Waals surface area contributed by atoms with Crippen LogP contribution in [0.1, 0.15) is 13.8 Å². The normalized spacial score (nSPS) is 9.76. The number of hydrogen-bond acceptors (Lipinski definition) is 2. The van der Waals surface area contributed by atoms with Crippen LogP contribution in [0.15, 0.2) is 48.7 Å². The Kier molecular flexibility index (Phi) is 3.50. The lowest BCUT2D eigenvalue weighted by Crippen LogP contribution is -1.78. The highest BCUT2D eigenvalue weighted by Gasteiger charge is 2.03. The summed E-state index contributed by atoms with van der Waals surface area (Å²) < 4.78 is 0. The first-order chi connectivity index (χ1) is 8.43. The Balaban J connectivity index is 0.000000514. The van der Waals surface area contributed by atoms with Crippen molar-refractivity contribution in [1.29, 1.82) is 0 Å². The topological polar surface area (TPSA) is 41.6 Å². The molecule has 0 unspecified atom stereocenters. The molecule has 0 fully saturated rings. The van der Waals surface area contributed by atoms with Crippen LogP contribution < -0.4 is 0 Å². The molecule has 1 N–H and O–H groups in total. The molecule has 0 atom stereocenters.